The van der Waals surface area contributed by atoms with Gasteiger partial charge in [-0.15, -0.1) is 11.3 Å². The lowest BCUT2D eigenvalue weighted by molar-refractivity contribution is 0.683. The van der Waals surface area contributed by atoms with Crippen molar-refractivity contribution >= 4 is 11.3 Å². The van der Waals surface area contributed by atoms with Gasteiger partial charge in [0, 0.05) is 30.6 Å². The molecule has 1 aromatic carbocycles. The summed E-state index contributed by atoms with van der Waals surface area (Å²) in [4.78, 5) is 4.36. The lowest BCUT2D eigenvalue weighted by atomic mass is 10.0. The van der Waals surface area contributed by atoms with E-state index in [1.165, 1.54) is 29.0 Å². The largest absolute Gasteiger partial charge is 0.310 e. The van der Waals surface area contributed by atoms with Gasteiger partial charge in [0.25, 0.3) is 0 Å². The first-order valence-electron chi connectivity index (χ1n) is 6.10. The minimum atomic E-state index is 0.767. The highest BCUT2D eigenvalue weighted by Crippen LogP contribution is 2.21. The van der Waals surface area contributed by atoms with Crippen LogP contribution in [-0.2, 0) is 13.0 Å². The Balaban J connectivity index is 1.72. The number of nitrogens with one attached hydrogen (secondary N) is 1. The van der Waals surface area contributed by atoms with Crippen molar-refractivity contribution in [3.05, 3.63) is 52.0 Å². The first-order valence-corrected chi connectivity index (χ1v) is 6.98. The SMILES string of the molecule is c1ccc(Cc2nccs2)c(CNC2CC2)c1. The van der Waals surface area contributed by atoms with E-state index in [1.807, 2.05) is 11.6 Å². The molecule has 0 atom stereocenters. The van der Waals surface area contributed by atoms with Crippen LogP contribution in [0.5, 0.6) is 0 Å². The van der Waals surface area contributed by atoms with Crippen molar-refractivity contribution in [3.63, 3.8) is 0 Å². The van der Waals surface area contributed by atoms with E-state index in [4.69, 9.17) is 0 Å². The molecule has 1 saturated carbocycles. The van der Waals surface area contributed by atoms with Gasteiger partial charge in [-0.1, -0.05) is 24.3 Å². The van der Waals surface area contributed by atoms with Crippen molar-refractivity contribution in [2.75, 3.05) is 0 Å². The maximum Gasteiger partial charge on any atom is 0.0968 e. The number of benzene rings is 1. The zero-order valence-corrected chi connectivity index (χ0v) is 10.5. The Hall–Kier alpha value is -1.19. The Labute approximate surface area is 106 Å². The van der Waals surface area contributed by atoms with E-state index in [1.54, 1.807) is 11.3 Å². The van der Waals surface area contributed by atoms with Crippen LogP contribution in [0.3, 0.4) is 0 Å². The number of rotatable bonds is 5. The second kappa shape index (κ2) is 4.98. The third-order valence-electron chi connectivity index (χ3n) is 3.10. The lowest BCUT2D eigenvalue weighted by Crippen LogP contribution is -2.16. The summed E-state index contributed by atoms with van der Waals surface area (Å²) < 4.78 is 0. The molecule has 2 aromatic rings. The summed E-state index contributed by atoms with van der Waals surface area (Å²) in [5.41, 5.74) is 2.81. The molecule has 0 radical (unpaired) electrons. The van der Waals surface area contributed by atoms with E-state index < -0.39 is 0 Å². The number of aromatic nitrogens is 1. The standard InChI is InChI=1S/C14H16N2S/c1-2-4-12(10-16-13-5-6-13)11(3-1)9-14-15-7-8-17-14/h1-4,7-8,13,16H,5-6,9-10H2. The highest BCUT2D eigenvalue weighted by Gasteiger charge is 2.20. The molecule has 0 spiro atoms. The van der Waals surface area contributed by atoms with Crippen LogP contribution in [0.15, 0.2) is 35.8 Å². The zero-order valence-electron chi connectivity index (χ0n) is 9.73. The van der Waals surface area contributed by atoms with Crippen molar-refractivity contribution in [1.29, 1.82) is 0 Å². The molecule has 1 aromatic heterocycles. The number of hydrogen-bond acceptors (Lipinski definition) is 3. The molecule has 0 aliphatic heterocycles. The molecule has 1 aliphatic rings. The van der Waals surface area contributed by atoms with Crippen LogP contribution in [0, 0.1) is 0 Å². The molecule has 3 heteroatoms. The molecule has 0 amide bonds. The molecule has 88 valence electrons. The summed E-state index contributed by atoms with van der Waals surface area (Å²) in [6.07, 6.45) is 5.52. The summed E-state index contributed by atoms with van der Waals surface area (Å²) >= 11 is 1.73. The highest BCUT2D eigenvalue weighted by atomic mass is 32.1. The quantitative estimate of drug-likeness (QED) is 0.874. The second-order valence-corrected chi connectivity index (χ2v) is 5.51. The minimum Gasteiger partial charge on any atom is -0.310 e. The molecule has 1 aliphatic carbocycles. The summed E-state index contributed by atoms with van der Waals surface area (Å²) in [6.45, 7) is 0.992. The first kappa shape index (κ1) is 10.9. The molecule has 0 saturated heterocycles. The fourth-order valence-corrected chi connectivity index (χ4v) is 2.59. The average molecular weight is 244 g/mol. The topological polar surface area (TPSA) is 24.9 Å². The van der Waals surface area contributed by atoms with Crippen LogP contribution in [0.1, 0.15) is 29.0 Å². The van der Waals surface area contributed by atoms with Crippen LogP contribution < -0.4 is 5.32 Å². The Morgan fingerprint density at radius 3 is 2.76 bits per heavy atom. The molecule has 17 heavy (non-hydrogen) atoms. The van der Waals surface area contributed by atoms with Gasteiger partial charge in [0.05, 0.1) is 5.01 Å². The Bertz CT molecular complexity index is 475. The van der Waals surface area contributed by atoms with Crippen molar-refractivity contribution in [2.45, 2.75) is 31.8 Å². The van der Waals surface area contributed by atoms with Crippen LogP contribution in [0.25, 0.3) is 0 Å². The average Bonchev–Trinajstić information content (AvgIpc) is 3.05. The van der Waals surface area contributed by atoms with Crippen molar-refractivity contribution < 1.29 is 0 Å². The second-order valence-electron chi connectivity index (χ2n) is 4.53. The van der Waals surface area contributed by atoms with E-state index in [0.717, 1.165) is 19.0 Å². The van der Waals surface area contributed by atoms with Gasteiger partial charge in [-0.05, 0) is 24.0 Å². The van der Waals surface area contributed by atoms with E-state index >= 15 is 0 Å². The van der Waals surface area contributed by atoms with Crippen LogP contribution in [0.2, 0.25) is 0 Å². The smallest absolute Gasteiger partial charge is 0.0968 e. The van der Waals surface area contributed by atoms with Crippen LogP contribution >= 0.6 is 11.3 Å². The first-order chi connectivity index (χ1) is 8.42. The van der Waals surface area contributed by atoms with E-state index in [9.17, 15) is 0 Å². The summed E-state index contributed by atoms with van der Waals surface area (Å²) in [7, 11) is 0. The fraction of sp³-hybridized carbons (Fsp3) is 0.357. The van der Waals surface area contributed by atoms with Crippen molar-refractivity contribution in [3.8, 4) is 0 Å². The van der Waals surface area contributed by atoms with E-state index in [-0.39, 0.29) is 0 Å². The summed E-state index contributed by atoms with van der Waals surface area (Å²) in [6, 6.07) is 9.44. The predicted molar refractivity (Wildman–Crippen MR) is 71.2 cm³/mol. The minimum absolute atomic E-state index is 0.767. The number of hydrogen-bond donors (Lipinski definition) is 1. The third kappa shape index (κ3) is 2.93. The van der Waals surface area contributed by atoms with Gasteiger partial charge in [-0.2, -0.15) is 0 Å². The number of nitrogens with zero attached hydrogens (tertiary/aromatic N) is 1. The molecule has 3 rings (SSSR count). The van der Waals surface area contributed by atoms with Gasteiger partial charge < -0.3 is 5.32 Å². The molecule has 2 nitrogen and oxygen atoms in total. The molecular weight excluding hydrogens is 228 g/mol. The molecule has 1 fully saturated rings. The third-order valence-corrected chi connectivity index (χ3v) is 3.88. The van der Waals surface area contributed by atoms with Gasteiger partial charge in [-0.3, -0.25) is 0 Å². The van der Waals surface area contributed by atoms with Gasteiger partial charge in [0.1, 0.15) is 0 Å². The summed E-state index contributed by atoms with van der Waals surface area (Å²) in [5.74, 6) is 0. The Morgan fingerprint density at radius 2 is 2.06 bits per heavy atom. The normalized spacial score (nSPS) is 15.1. The maximum atomic E-state index is 4.36. The van der Waals surface area contributed by atoms with E-state index in [0.29, 0.717) is 0 Å². The summed E-state index contributed by atoms with van der Waals surface area (Å²) in [5, 5.41) is 6.82. The van der Waals surface area contributed by atoms with E-state index in [2.05, 4.69) is 34.6 Å². The van der Waals surface area contributed by atoms with Crippen molar-refractivity contribution in [1.82, 2.24) is 10.3 Å². The van der Waals surface area contributed by atoms with Crippen LogP contribution in [0.4, 0.5) is 0 Å². The maximum absolute atomic E-state index is 4.36. The molecule has 0 unspecified atom stereocenters. The number of thiazole rings is 1. The highest BCUT2D eigenvalue weighted by molar-refractivity contribution is 7.09. The molecular formula is C14H16N2S. The predicted octanol–water partition coefficient (Wildman–Crippen LogP) is 2.99. The zero-order chi connectivity index (χ0) is 11.5. The lowest BCUT2D eigenvalue weighted by Gasteiger charge is -2.09. The van der Waals surface area contributed by atoms with Gasteiger partial charge in [0.15, 0.2) is 0 Å². The van der Waals surface area contributed by atoms with Gasteiger partial charge in [-0.25, -0.2) is 4.98 Å². The van der Waals surface area contributed by atoms with Gasteiger partial charge >= 0.3 is 0 Å². The molecule has 1 heterocycles. The Kier molecular flexibility index (Phi) is 3.20. The van der Waals surface area contributed by atoms with Crippen LogP contribution in [-0.4, -0.2) is 11.0 Å². The molecule has 1 N–H and O–H groups in total. The van der Waals surface area contributed by atoms with Crippen molar-refractivity contribution in [2.24, 2.45) is 0 Å². The Morgan fingerprint density at radius 1 is 1.24 bits per heavy atom. The van der Waals surface area contributed by atoms with Gasteiger partial charge in [0.2, 0.25) is 0 Å². The molecule has 0 bridgehead atoms. The fourth-order valence-electron chi connectivity index (χ4n) is 1.95. The monoisotopic (exact) mass is 244 g/mol.